The molecule has 4 rings (SSSR count). The Labute approximate surface area is 299 Å². The molecular formula is C37H63N5O7S. The number of ketones is 1. The lowest BCUT2D eigenvalue weighted by atomic mass is 9.83. The minimum absolute atomic E-state index is 0.0131. The topological polar surface area (TPSA) is 171 Å². The molecule has 2 aliphatic heterocycles. The fourth-order valence-corrected chi connectivity index (χ4v) is 9.37. The summed E-state index contributed by atoms with van der Waals surface area (Å²) < 4.78 is 25.7. The number of nitrogens with one attached hydrogen (secondary N) is 4. The second-order valence-electron chi connectivity index (χ2n) is 16.8. The number of carbonyl (C=O) groups is 5. The maximum absolute atomic E-state index is 14.4. The molecule has 0 spiro atoms. The fourth-order valence-electron chi connectivity index (χ4n) is 7.85. The Balaban J connectivity index is 1.57. The lowest BCUT2D eigenvalue weighted by Gasteiger charge is -2.40. The van der Waals surface area contributed by atoms with Crippen LogP contribution in [0.25, 0.3) is 0 Å². The summed E-state index contributed by atoms with van der Waals surface area (Å²) in [6, 6.07) is -3.30. The molecule has 2 saturated heterocycles. The van der Waals surface area contributed by atoms with Gasteiger partial charge < -0.3 is 26.2 Å². The maximum atomic E-state index is 14.4. The second-order valence-corrected chi connectivity index (χ2v) is 19.5. The van der Waals surface area contributed by atoms with Crippen molar-refractivity contribution < 1.29 is 32.4 Å². The number of hydrogen-bond acceptors (Lipinski definition) is 7. The summed E-state index contributed by atoms with van der Waals surface area (Å²) >= 11 is 0. The number of carbonyl (C=O) groups excluding carboxylic acids is 5. The molecule has 5 amide bonds. The van der Waals surface area contributed by atoms with E-state index in [4.69, 9.17) is 0 Å². The average molecular weight is 722 g/mol. The van der Waals surface area contributed by atoms with Crippen LogP contribution in [0.3, 0.4) is 0 Å². The third-order valence-corrected chi connectivity index (χ3v) is 14.1. The highest BCUT2D eigenvalue weighted by atomic mass is 32.2. The van der Waals surface area contributed by atoms with Gasteiger partial charge in [-0.2, -0.15) is 0 Å². The number of fused-ring (bicyclic) bond motifs is 1. The van der Waals surface area contributed by atoms with Crippen molar-refractivity contribution in [3.05, 3.63) is 0 Å². The first kappa shape index (κ1) is 40.1. The molecule has 0 aromatic carbocycles. The van der Waals surface area contributed by atoms with Gasteiger partial charge >= 0.3 is 6.03 Å². The molecule has 12 nitrogen and oxygen atoms in total. The number of hydrogen-bond donors (Lipinski definition) is 4. The van der Waals surface area contributed by atoms with Gasteiger partial charge in [0.05, 0.1) is 22.1 Å². The van der Waals surface area contributed by atoms with E-state index in [0.717, 1.165) is 64.2 Å². The first-order chi connectivity index (χ1) is 23.5. The molecule has 0 radical (unpaired) electrons. The Morgan fingerprint density at radius 2 is 1.42 bits per heavy atom. The first-order valence-corrected chi connectivity index (χ1v) is 21.0. The van der Waals surface area contributed by atoms with Crippen molar-refractivity contribution in [2.75, 3.05) is 12.3 Å². The summed E-state index contributed by atoms with van der Waals surface area (Å²) in [6.07, 6.45) is 12.7. The Bertz CT molecular complexity index is 1330. The summed E-state index contributed by atoms with van der Waals surface area (Å²) in [5, 5.41) is 11.6. The van der Waals surface area contributed by atoms with Crippen LogP contribution in [0.15, 0.2) is 0 Å². The van der Waals surface area contributed by atoms with Gasteiger partial charge in [-0.05, 0) is 77.6 Å². The van der Waals surface area contributed by atoms with Gasteiger partial charge in [0.25, 0.3) is 5.91 Å². The van der Waals surface area contributed by atoms with Gasteiger partial charge in [0, 0.05) is 12.6 Å². The minimum Gasteiger partial charge on any atom is -0.347 e. The molecule has 4 fully saturated rings. The van der Waals surface area contributed by atoms with Crippen LogP contribution in [-0.4, -0.2) is 89.6 Å². The molecule has 2 saturated carbocycles. The molecule has 13 heteroatoms. The van der Waals surface area contributed by atoms with Gasteiger partial charge in [-0.3, -0.25) is 19.2 Å². The van der Waals surface area contributed by atoms with Crippen molar-refractivity contribution in [2.45, 2.75) is 178 Å². The van der Waals surface area contributed by atoms with Crippen molar-refractivity contribution in [3.63, 3.8) is 0 Å². The normalized spacial score (nSPS) is 27.6. The highest BCUT2D eigenvalue weighted by Gasteiger charge is 2.47. The van der Waals surface area contributed by atoms with Crippen LogP contribution in [0, 0.1) is 11.8 Å². The van der Waals surface area contributed by atoms with E-state index in [2.05, 4.69) is 21.3 Å². The maximum Gasteiger partial charge on any atom is 0.315 e. The smallest absolute Gasteiger partial charge is 0.315 e. The van der Waals surface area contributed by atoms with Crippen LogP contribution in [-0.2, 0) is 29.0 Å². The van der Waals surface area contributed by atoms with Crippen LogP contribution in [0.2, 0.25) is 0 Å². The monoisotopic (exact) mass is 721 g/mol. The Morgan fingerprint density at radius 3 is 2.00 bits per heavy atom. The van der Waals surface area contributed by atoms with Crippen LogP contribution in [0.1, 0.15) is 144 Å². The number of amides is 5. The quantitative estimate of drug-likeness (QED) is 0.271. The molecule has 0 aromatic rings. The molecule has 50 heavy (non-hydrogen) atoms. The lowest BCUT2D eigenvalue weighted by Crippen LogP contribution is -2.62. The summed E-state index contributed by atoms with van der Waals surface area (Å²) in [6.45, 7) is 9.36. The standard InChI is InChI=1S/C37H63N5O7S/c1-25(2)27-20-23-42-30(27)32(44)39-28(31(43)33(45)38-26-18-19-26)16-12-9-7-6-8-10-13-17-29(34(42)46)40-35(47)41-37(21-14-11-15-22-37)24-50(48,49)36(3,4)5/h25-30H,6-24H2,1-5H3,(H,38,45)(H,39,44)(H2,40,41,47)/t27-,28+,29+,30+/m1/s1. The van der Waals surface area contributed by atoms with Crippen LogP contribution >= 0.6 is 0 Å². The number of rotatable bonds is 8. The highest BCUT2D eigenvalue weighted by molar-refractivity contribution is 7.92. The fraction of sp³-hybridized carbons (Fsp3) is 0.865. The predicted octanol–water partition coefficient (Wildman–Crippen LogP) is 4.30. The van der Waals surface area contributed by atoms with E-state index < -0.39 is 61.9 Å². The minimum atomic E-state index is -3.55. The molecule has 284 valence electrons. The third kappa shape index (κ3) is 10.7. The van der Waals surface area contributed by atoms with Gasteiger partial charge in [0.1, 0.15) is 12.1 Å². The Hall–Kier alpha value is -2.70. The summed E-state index contributed by atoms with van der Waals surface area (Å²) in [5.74, 6) is -2.40. The number of sulfone groups is 1. The van der Waals surface area contributed by atoms with Crippen LogP contribution in [0.4, 0.5) is 4.79 Å². The number of Topliss-reactive ketones (excluding diaryl/α,β-unsaturated/α-hetero) is 1. The zero-order valence-electron chi connectivity index (χ0n) is 31.1. The molecule has 4 N–H and O–H groups in total. The van der Waals surface area contributed by atoms with Crippen molar-refractivity contribution in [3.8, 4) is 0 Å². The van der Waals surface area contributed by atoms with Crippen molar-refractivity contribution >= 4 is 39.4 Å². The third-order valence-electron chi connectivity index (χ3n) is 11.3. The molecule has 0 aromatic heterocycles. The first-order valence-electron chi connectivity index (χ1n) is 19.3. The molecule has 4 aliphatic rings. The molecule has 0 unspecified atom stereocenters. The molecule has 2 heterocycles. The van der Waals surface area contributed by atoms with Crippen molar-refractivity contribution in [2.24, 2.45) is 11.8 Å². The molecule has 0 bridgehead atoms. The largest absolute Gasteiger partial charge is 0.347 e. The molecule has 4 atom stereocenters. The van der Waals surface area contributed by atoms with E-state index in [1.165, 1.54) is 0 Å². The van der Waals surface area contributed by atoms with E-state index in [1.807, 2.05) is 13.8 Å². The van der Waals surface area contributed by atoms with E-state index in [1.54, 1.807) is 25.7 Å². The summed E-state index contributed by atoms with van der Waals surface area (Å²) in [5.41, 5.74) is -0.929. The van der Waals surface area contributed by atoms with E-state index in [9.17, 15) is 32.4 Å². The second kappa shape index (κ2) is 17.2. The Morgan fingerprint density at radius 1 is 0.840 bits per heavy atom. The van der Waals surface area contributed by atoms with E-state index in [-0.39, 0.29) is 29.5 Å². The number of urea groups is 1. The van der Waals surface area contributed by atoms with Gasteiger partial charge in [-0.1, -0.05) is 78.1 Å². The predicted molar refractivity (Wildman–Crippen MR) is 193 cm³/mol. The lowest BCUT2D eigenvalue weighted by molar-refractivity contribution is -0.143. The van der Waals surface area contributed by atoms with Crippen molar-refractivity contribution in [1.29, 1.82) is 0 Å². The van der Waals surface area contributed by atoms with Gasteiger partial charge in [0.2, 0.25) is 17.6 Å². The van der Waals surface area contributed by atoms with Crippen molar-refractivity contribution in [1.82, 2.24) is 26.2 Å². The van der Waals surface area contributed by atoms with Crippen LogP contribution < -0.4 is 21.3 Å². The summed E-state index contributed by atoms with van der Waals surface area (Å²) in [7, 11) is -3.55. The van der Waals surface area contributed by atoms with E-state index >= 15 is 0 Å². The van der Waals surface area contributed by atoms with Gasteiger partial charge in [0.15, 0.2) is 9.84 Å². The summed E-state index contributed by atoms with van der Waals surface area (Å²) in [4.78, 5) is 70.0. The SMILES string of the molecule is CC(C)[C@H]1CCN2C(=O)[C@@H](NC(=O)NC3(CS(=O)(=O)C(C)(C)C)CCCCC3)CCCCCCCCC[C@@H](C(=O)C(=O)NC3CC3)NC(=O)[C@H]12. The average Bonchev–Trinajstić information content (AvgIpc) is 3.73. The van der Waals surface area contributed by atoms with Gasteiger partial charge in [-0.15, -0.1) is 0 Å². The molecule has 2 aliphatic carbocycles. The molecular weight excluding hydrogens is 659 g/mol. The van der Waals surface area contributed by atoms with Gasteiger partial charge in [-0.25, -0.2) is 13.2 Å². The highest BCUT2D eigenvalue weighted by Crippen LogP contribution is 2.34. The van der Waals surface area contributed by atoms with Crippen LogP contribution in [0.5, 0.6) is 0 Å². The number of nitrogens with zero attached hydrogens (tertiary/aromatic N) is 1. The Kier molecular flexibility index (Phi) is 13.8. The zero-order valence-corrected chi connectivity index (χ0v) is 31.9. The zero-order chi connectivity index (χ0) is 36.7. The van der Waals surface area contributed by atoms with E-state index in [0.29, 0.717) is 51.5 Å².